The average molecular weight is 410 g/mol. The minimum absolute atomic E-state index is 0.0270. The quantitative estimate of drug-likeness (QED) is 0.734. The minimum atomic E-state index is -1.01. The van der Waals surface area contributed by atoms with Gasteiger partial charge in [0.15, 0.2) is 5.13 Å². The number of thiazole rings is 1. The number of nitrogens with one attached hydrogen (secondary N) is 1. The van der Waals surface area contributed by atoms with E-state index in [1.54, 1.807) is 11.4 Å². The molecule has 0 spiro atoms. The molecule has 24 heavy (non-hydrogen) atoms. The van der Waals surface area contributed by atoms with Crippen LogP contribution in [0.2, 0.25) is 0 Å². The highest BCUT2D eigenvalue weighted by atomic mass is 79.9. The second kappa shape index (κ2) is 6.70. The van der Waals surface area contributed by atoms with Gasteiger partial charge >= 0.3 is 5.97 Å². The molecule has 1 saturated heterocycles. The van der Waals surface area contributed by atoms with Crippen LogP contribution in [0.5, 0.6) is 0 Å². The first kappa shape index (κ1) is 16.6. The summed E-state index contributed by atoms with van der Waals surface area (Å²) in [5.41, 5.74) is 1.05. The summed E-state index contributed by atoms with van der Waals surface area (Å²) in [5, 5.41) is 13.6. The highest BCUT2D eigenvalue weighted by Gasteiger charge is 2.41. The molecule has 3 rings (SSSR count). The van der Waals surface area contributed by atoms with Gasteiger partial charge in [0.1, 0.15) is 6.04 Å². The van der Waals surface area contributed by atoms with Crippen LogP contribution in [-0.4, -0.2) is 33.9 Å². The third kappa shape index (κ3) is 3.46. The molecule has 1 aromatic carbocycles. The number of nitrogens with zero attached hydrogens (tertiary/aromatic N) is 2. The zero-order chi connectivity index (χ0) is 17.3. The van der Waals surface area contributed by atoms with E-state index in [9.17, 15) is 14.4 Å². The van der Waals surface area contributed by atoms with Gasteiger partial charge < -0.3 is 10.4 Å². The number of carbonyl (C=O) groups excluding carboxylic acids is 2. The van der Waals surface area contributed by atoms with Gasteiger partial charge in [-0.2, -0.15) is 0 Å². The fraction of sp³-hybridized carbons (Fsp3) is 0.200. The molecule has 1 aliphatic heterocycles. The van der Waals surface area contributed by atoms with Gasteiger partial charge in [-0.05, 0) is 18.2 Å². The number of aliphatic carboxylic acids is 1. The maximum Gasteiger partial charge on any atom is 0.309 e. The van der Waals surface area contributed by atoms with E-state index >= 15 is 0 Å². The van der Waals surface area contributed by atoms with E-state index in [0.717, 1.165) is 26.4 Å². The summed E-state index contributed by atoms with van der Waals surface area (Å²) in [6.07, 6.45) is -0.217. The second-order valence-electron chi connectivity index (χ2n) is 5.17. The fourth-order valence-electron chi connectivity index (χ4n) is 2.36. The number of carboxylic acid groups (broad SMARTS) is 1. The summed E-state index contributed by atoms with van der Waals surface area (Å²) in [7, 11) is 0. The lowest BCUT2D eigenvalue weighted by atomic mass is 10.2. The Kier molecular flexibility index (Phi) is 4.63. The van der Waals surface area contributed by atoms with Gasteiger partial charge in [-0.15, -0.1) is 11.3 Å². The molecule has 9 heteroatoms. The van der Waals surface area contributed by atoms with Gasteiger partial charge in [-0.3, -0.25) is 14.4 Å². The lowest BCUT2D eigenvalue weighted by Gasteiger charge is -2.13. The number of rotatable bonds is 5. The zero-order valence-electron chi connectivity index (χ0n) is 12.2. The van der Waals surface area contributed by atoms with E-state index in [2.05, 4.69) is 26.2 Å². The Morgan fingerprint density at radius 1 is 1.46 bits per heavy atom. The summed E-state index contributed by atoms with van der Waals surface area (Å²) in [6.45, 7) is 0. The molecular formula is C15H12BrN3O4S. The van der Waals surface area contributed by atoms with Crippen molar-refractivity contribution in [3.63, 3.8) is 0 Å². The minimum Gasteiger partial charge on any atom is -0.481 e. The largest absolute Gasteiger partial charge is 0.481 e. The molecule has 124 valence electrons. The van der Waals surface area contributed by atoms with Crippen LogP contribution in [0, 0.1) is 0 Å². The molecule has 1 fully saturated rings. The second-order valence-corrected chi connectivity index (χ2v) is 6.92. The Morgan fingerprint density at radius 3 is 2.96 bits per heavy atom. The van der Waals surface area contributed by atoms with E-state index in [1.165, 1.54) is 0 Å². The van der Waals surface area contributed by atoms with Crippen molar-refractivity contribution in [2.75, 3.05) is 10.2 Å². The number of anilines is 2. The van der Waals surface area contributed by atoms with Crippen LogP contribution in [0.15, 0.2) is 34.1 Å². The van der Waals surface area contributed by atoms with Gasteiger partial charge in [0, 0.05) is 15.5 Å². The van der Waals surface area contributed by atoms with Crippen LogP contribution in [0.25, 0.3) is 0 Å². The van der Waals surface area contributed by atoms with Crippen LogP contribution < -0.4 is 10.2 Å². The number of carbonyl (C=O) groups is 3. The smallest absolute Gasteiger partial charge is 0.309 e. The first-order valence-corrected chi connectivity index (χ1v) is 8.66. The average Bonchev–Trinajstić information content (AvgIpc) is 3.04. The molecule has 1 aliphatic rings. The number of amides is 2. The fourth-order valence-corrected chi connectivity index (χ4v) is 3.60. The van der Waals surface area contributed by atoms with Gasteiger partial charge in [-0.1, -0.05) is 22.0 Å². The van der Waals surface area contributed by atoms with Crippen molar-refractivity contribution in [3.05, 3.63) is 39.8 Å². The maximum atomic E-state index is 12.5. The number of halogens is 1. The van der Waals surface area contributed by atoms with E-state index in [1.807, 2.05) is 18.2 Å². The molecule has 2 aromatic rings. The summed E-state index contributed by atoms with van der Waals surface area (Å²) >= 11 is 4.43. The van der Waals surface area contributed by atoms with Crippen LogP contribution in [-0.2, 0) is 20.8 Å². The number of carboxylic acids is 1. The van der Waals surface area contributed by atoms with Crippen LogP contribution in [0.1, 0.15) is 12.1 Å². The predicted molar refractivity (Wildman–Crippen MR) is 92.1 cm³/mol. The Bertz CT molecular complexity index is 823. The van der Waals surface area contributed by atoms with Gasteiger partial charge in [0.25, 0.3) is 5.91 Å². The van der Waals surface area contributed by atoms with Crippen molar-refractivity contribution in [1.82, 2.24) is 4.98 Å². The molecule has 0 radical (unpaired) electrons. The van der Waals surface area contributed by atoms with Gasteiger partial charge in [-0.25, -0.2) is 9.88 Å². The Balaban J connectivity index is 1.76. The van der Waals surface area contributed by atoms with Crippen molar-refractivity contribution in [2.24, 2.45) is 0 Å². The third-order valence-corrected chi connectivity index (χ3v) is 4.74. The van der Waals surface area contributed by atoms with Crippen LogP contribution >= 0.6 is 27.3 Å². The summed E-state index contributed by atoms with van der Waals surface area (Å²) in [4.78, 5) is 40.5. The zero-order valence-corrected chi connectivity index (χ0v) is 14.6. The Hall–Kier alpha value is -2.26. The lowest BCUT2D eigenvalue weighted by Crippen LogP contribution is -2.34. The van der Waals surface area contributed by atoms with Crippen molar-refractivity contribution >= 4 is 55.9 Å². The highest BCUT2D eigenvalue weighted by Crippen LogP contribution is 2.28. The monoisotopic (exact) mass is 409 g/mol. The van der Waals surface area contributed by atoms with Gasteiger partial charge in [0.2, 0.25) is 5.91 Å². The molecule has 1 aromatic heterocycles. The number of aromatic nitrogens is 1. The highest BCUT2D eigenvalue weighted by molar-refractivity contribution is 9.10. The number of hydrogen-bond donors (Lipinski definition) is 2. The van der Waals surface area contributed by atoms with Crippen LogP contribution in [0.4, 0.5) is 10.8 Å². The van der Waals surface area contributed by atoms with Crippen molar-refractivity contribution < 1.29 is 19.5 Å². The molecule has 0 saturated carbocycles. The Morgan fingerprint density at radius 2 is 2.25 bits per heavy atom. The first-order valence-electron chi connectivity index (χ1n) is 6.99. The standard InChI is InChI=1S/C15H12BrN3O4S/c16-8-2-1-3-9(4-8)17-11-6-12(20)19(14(11)23)15-18-10(7-24-15)5-13(21)22/h1-4,7,11,17H,5-6H2,(H,21,22). The molecular weight excluding hydrogens is 398 g/mol. The van der Waals surface area contributed by atoms with E-state index in [-0.39, 0.29) is 23.9 Å². The predicted octanol–water partition coefficient (Wildman–Crippen LogP) is 2.28. The number of imide groups is 1. The molecule has 0 aliphatic carbocycles. The third-order valence-electron chi connectivity index (χ3n) is 3.38. The molecule has 1 unspecified atom stereocenters. The molecule has 2 heterocycles. The first-order chi connectivity index (χ1) is 11.4. The van der Waals surface area contributed by atoms with Crippen LogP contribution in [0.3, 0.4) is 0 Å². The molecule has 0 bridgehead atoms. The number of benzene rings is 1. The maximum absolute atomic E-state index is 12.5. The normalized spacial score (nSPS) is 17.4. The number of hydrogen-bond acceptors (Lipinski definition) is 6. The summed E-state index contributed by atoms with van der Waals surface area (Å²) < 4.78 is 0.861. The van der Waals surface area contributed by atoms with Gasteiger partial charge in [0.05, 0.1) is 18.5 Å². The lowest BCUT2D eigenvalue weighted by molar-refractivity contribution is -0.136. The molecule has 1 atom stereocenters. The van der Waals surface area contributed by atoms with E-state index < -0.39 is 17.9 Å². The van der Waals surface area contributed by atoms with E-state index in [4.69, 9.17) is 5.11 Å². The Labute approximate surface area is 149 Å². The van der Waals surface area contributed by atoms with Crippen molar-refractivity contribution in [1.29, 1.82) is 0 Å². The topological polar surface area (TPSA) is 99.6 Å². The molecule has 2 amide bonds. The van der Waals surface area contributed by atoms with Crippen molar-refractivity contribution in [3.8, 4) is 0 Å². The summed E-state index contributed by atoms with van der Waals surface area (Å²) in [6, 6.07) is 6.64. The molecule has 7 nitrogen and oxygen atoms in total. The van der Waals surface area contributed by atoms with Crippen molar-refractivity contribution in [2.45, 2.75) is 18.9 Å². The van der Waals surface area contributed by atoms with E-state index in [0.29, 0.717) is 5.69 Å². The molecule has 2 N–H and O–H groups in total. The SMILES string of the molecule is O=C(O)Cc1csc(N2C(=O)CC(Nc3cccc(Br)c3)C2=O)n1. The summed E-state index contributed by atoms with van der Waals surface area (Å²) in [5.74, 6) is -1.76.